The summed E-state index contributed by atoms with van der Waals surface area (Å²) in [7, 11) is 0. The van der Waals surface area contributed by atoms with Crippen molar-refractivity contribution in [3.05, 3.63) is 17.2 Å². The molecular weight excluding hydrogens is 204 g/mol. The standard InChI is InChI=1S/C12H18N2O2/c1-3-5-9-8(2)13-10(14-9)12(11(15)16)6-4-7-12/h3-7H2,1-2H3,(H,13,14)(H,15,16). The molecule has 0 amide bonds. The molecule has 0 saturated heterocycles. The number of aryl methyl sites for hydroxylation is 2. The number of rotatable bonds is 4. The van der Waals surface area contributed by atoms with Crippen LogP contribution in [0, 0.1) is 6.92 Å². The molecule has 2 N–H and O–H groups in total. The van der Waals surface area contributed by atoms with E-state index in [0.29, 0.717) is 18.7 Å². The molecule has 1 aliphatic carbocycles. The fourth-order valence-corrected chi connectivity index (χ4v) is 2.29. The quantitative estimate of drug-likeness (QED) is 0.820. The topological polar surface area (TPSA) is 66.0 Å². The van der Waals surface area contributed by atoms with Crippen molar-refractivity contribution in [2.45, 2.75) is 51.4 Å². The molecule has 1 aliphatic rings. The third kappa shape index (κ3) is 1.52. The Kier molecular flexibility index (Phi) is 2.74. The van der Waals surface area contributed by atoms with Gasteiger partial charge in [-0.2, -0.15) is 0 Å². The van der Waals surface area contributed by atoms with Crippen molar-refractivity contribution >= 4 is 5.97 Å². The molecule has 0 bridgehead atoms. The molecule has 0 aromatic carbocycles. The molecule has 16 heavy (non-hydrogen) atoms. The average Bonchev–Trinajstić information content (AvgIpc) is 2.46. The maximum atomic E-state index is 11.3. The van der Waals surface area contributed by atoms with E-state index >= 15 is 0 Å². The zero-order valence-electron chi connectivity index (χ0n) is 9.84. The number of imidazole rings is 1. The van der Waals surface area contributed by atoms with Crippen molar-refractivity contribution in [2.24, 2.45) is 0 Å². The number of carboxylic acids is 1. The molecule has 1 saturated carbocycles. The Morgan fingerprint density at radius 1 is 1.56 bits per heavy atom. The summed E-state index contributed by atoms with van der Waals surface area (Å²) in [6.07, 6.45) is 4.35. The van der Waals surface area contributed by atoms with Crippen LogP contribution in [-0.4, -0.2) is 21.0 Å². The number of nitrogens with one attached hydrogen (secondary N) is 1. The molecule has 1 aromatic heterocycles. The highest BCUT2D eigenvalue weighted by atomic mass is 16.4. The van der Waals surface area contributed by atoms with Crippen molar-refractivity contribution in [3.8, 4) is 0 Å². The average molecular weight is 222 g/mol. The number of aromatic amines is 1. The zero-order chi connectivity index (χ0) is 11.8. The molecule has 4 heteroatoms. The first kappa shape index (κ1) is 11.2. The molecule has 1 heterocycles. The number of aliphatic carboxylic acids is 1. The van der Waals surface area contributed by atoms with Crippen LogP contribution in [0.2, 0.25) is 0 Å². The van der Waals surface area contributed by atoms with Crippen molar-refractivity contribution in [1.82, 2.24) is 9.97 Å². The van der Waals surface area contributed by atoms with Crippen LogP contribution in [0.4, 0.5) is 0 Å². The van der Waals surface area contributed by atoms with Gasteiger partial charge in [-0.25, -0.2) is 4.98 Å². The van der Waals surface area contributed by atoms with Gasteiger partial charge in [-0.15, -0.1) is 0 Å². The monoisotopic (exact) mass is 222 g/mol. The lowest BCUT2D eigenvalue weighted by Crippen LogP contribution is -2.43. The molecule has 0 atom stereocenters. The Morgan fingerprint density at radius 2 is 2.25 bits per heavy atom. The minimum atomic E-state index is -0.740. The molecule has 4 nitrogen and oxygen atoms in total. The fourth-order valence-electron chi connectivity index (χ4n) is 2.29. The molecule has 1 aromatic rings. The van der Waals surface area contributed by atoms with E-state index in [1.54, 1.807) is 0 Å². The molecule has 1 fully saturated rings. The normalized spacial score (nSPS) is 18.1. The van der Waals surface area contributed by atoms with Gasteiger partial charge in [0.2, 0.25) is 0 Å². The van der Waals surface area contributed by atoms with E-state index in [1.807, 2.05) is 6.92 Å². The highest BCUT2D eigenvalue weighted by molar-refractivity contribution is 5.81. The molecule has 88 valence electrons. The van der Waals surface area contributed by atoms with Gasteiger partial charge in [-0.3, -0.25) is 4.79 Å². The number of carbonyl (C=O) groups is 1. The van der Waals surface area contributed by atoms with Crippen LogP contribution in [0.25, 0.3) is 0 Å². The Morgan fingerprint density at radius 3 is 2.69 bits per heavy atom. The van der Waals surface area contributed by atoms with E-state index < -0.39 is 11.4 Å². The van der Waals surface area contributed by atoms with E-state index in [1.165, 1.54) is 0 Å². The Labute approximate surface area is 95.1 Å². The van der Waals surface area contributed by atoms with Gasteiger partial charge in [0.1, 0.15) is 11.2 Å². The summed E-state index contributed by atoms with van der Waals surface area (Å²) in [5, 5.41) is 9.31. The minimum Gasteiger partial charge on any atom is -0.480 e. The maximum absolute atomic E-state index is 11.3. The second kappa shape index (κ2) is 3.92. The Balaban J connectivity index is 2.33. The van der Waals surface area contributed by atoms with Crippen LogP contribution in [-0.2, 0) is 16.6 Å². The number of hydrogen-bond acceptors (Lipinski definition) is 2. The zero-order valence-corrected chi connectivity index (χ0v) is 9.84. The number of aromatic nitrogens is 2. The van der Waals surface area contributed by atoms with Crippen LogP contribution < -0.4 is 0 Å². The van der Waals surface area contributed by atoms with E-state index in [-0.39, 0.29) is 0 Å². The van der Waals surface area contributed by atoms with Crippen LogP contribution in [0.1, 0.15) is 49.8 Å². The lowest BCUT2D eigenvalue weighted by atomic mass is 9.68. The second-order valence-corrected chi connectivity index (χ2v) is 4.65. The van der Waals surface area contributed by atoms with Gasteiger partial charge in [0.15, 0.2) is 0 Å². The second-order valence-electron chi connectivity index (χ2n) is 4.65. The Hall–Kier alpha value is -1.32. The fraction of sp³-hybridized carbons (Fsp3) is 0.667. The highest BCUT2D eigenvalue weighted by Gasteiger charge is 2.48. The predicted octanol–water partition coefficient (Wildman–Crippen LogP) is 2.18. The summed E-state index contributed by atoms with van der Waals surface area (Å²) in [5.74, 6) is -0.0808. The summed E-state index contributed by atoms with van der Waals surface area (Å²) in [5.41, 5.74) is 1.31. The third-order valence-corrected chi connectivity index (χ3v) is 3.54. The van der Waals surface area contributed by atoms with Gasteiger partial charge in [0.25, 0.3) is 0 Å². The predicted molar refractivity (Wildman–Crippen MR) is 60.5 cm³/mol. The highest BCUT2D eigenvalue weighted by Crippen LogP contribution is 2.42. The maximum Gasteiger partial charge on any atom is 0.317 e. The first-order valence-corrected chi connectivity index (χ1v) is 5.89. The minimum absolute atomic E-state index is 0.659. The summed E-state index contributed by atoms with van der Waals surface area (Å²) in [6.45, 7) is 4.07. The van der Waals surface area contributed by atoms with E-state index in [0.717, 1.165) is 30.7 Å². The lowest BCUT2D eigenvalue weighted by Gasteiger charge is -2.35. The van der Waals surface area contributed by atoms with Gasteiger partial charge in [0.05, 0.1) is 5.69 Å². The Bertz CT molecular complexity index is 405. The molecule has 0 spiro atoms. The number of nitrogens with zero attached hydrogens (tertiary/aromatic N) is 1. The van der Waals surface area contributed by atoms with E-state index in [2.05, 4.69) is 16.9 Å². The van der Waals surface area contributed by atoms with Crippen LogP contribution in [0.15, 0.2) is 0 Å². The molecule has 0 unspecified atom stereocenters. The molecule has 0 radical (unpaired) electrons. The molecular formula is C12H18N2O2. The van der Waals surface area contributed by atoms with Gasteiger partial charge >= 0.3 is 5.97 Å². The van der Waals surface area contributed by atoms with Crippen molar-refractivity contribution in [1.29, 1.82) is 0 Å². The van der Waals surface area contributed by atoms with E-state index in [9.17, 15) is 9.90 Å². The summed E-state index contributed by atoms with van der Waals surface area (Å²) < 4.78 is 0. The SMILES string of the molecule is CCCc1nc(C2(C(=O)O)CCC2)[nH]c1C. The van der Waals surface area contributed by atoms with Crippen molar-refractivity contribution in [2.75, 3.05) is 0 Å². The van der Waals surface area contributed by atoms with Crippen LogP contribution in [0.5, 0.6) is 0 Å². The van der Waals surface area contributed by atoms with Gasteiger partial charge in [0, 0.05) is 5.69 Å². The lowest BCUT2D eigenvalue weighted by molar-refractivity contribution is -0.147. The summed E-state index contributed by atoms with van der Waals surface area (Å²) in [4.78, 5) is 19.0. The first-order chi connectivity index (χ1) is 7.60. The third-order valence-electron chi connectivity index (χ3n) is 3.54. The molecule has 0 aliphatic heterocycles. The smallest absolute Gasteiger partial charge is 0.317 e. The number of H-pyrrole nitrogens is 1. The largest absolute Gasteiger partial charge is 0.480 e. The van der Waals surface area contributed by atoms with E-state index in [4.69, 9.17) is 0 Å². The number of carboxylic acid groups (broad SMARTS) is 1. The van der Waals surface area contributed by atoms with Crippen LogP contribution >= 0.6 is 0 Å². The van der Waals surface area contributed by atoms with Gasteiger partial charge < -0.3 is 10.1 Å². The number of hydrogen-bond donors (Lipinski definition) is 2. The summed E-state index contributed by atoms with van der Waals surface area (Å²) in [6, 6.07) is 0. The van der Waals surface area contributed by atoms with Crippen molar-refractivity contribution in [3.63, 3.8) is 0 Å². The van der Waals surface area contributed by atoms with Gasteiger partial charge in [-0.05, 0) is 26.2 Å². The van der Waals surface area contributed by atoms with Crippen molar-refractivity contribution < 1.29 is 9.90 Å². The van der Waals surface area contributed by atoms with Crippen LogP contribution in [0.3, 0.4) is 0 Å². The first-order valence-electron chi connectivity index (χ1n) is 5.89. The summed E-state index contributed by atoms with van der Waals surface area (Å²) >= 11 is 0. The molecule has 2 rings (SSSR count). The van der Waals surface area contributed by atoms with Gasteiger partial charge in [-0.1, -0.05) is 19.8 Å².